The first-order chi connectivity index (χ1) is 14.8. The summed E-state index contributed by atoms with van der Waals surface area (Å²) >= 11 is 0. The molecule has 1 heterocycles. The zero-order valence-electron chi connectivity index (χ0n) is 18.4. The van der Waals surface area contributed by atoms with E-state index in [0.717, 1.165) is 16.0 Å². The molecular weight excluding hydrogens is 398 g/mol. The highest BCUT2D eigenvalue weighted by Gasteiger charge is 2.43. The highest BCUT2D eigenvalue weighted by Crippen LogP contribution is 2.31. The lowest BCUT2D eigenvalue weighted by Gasteiger charge is -2.26. The van der Waals surface area contributed by atoms with Gasteiger partial charge in [0.2, 0.25) is 0 Å². The average Bonchev–Trinajstić information content (AvgIpc) is 3.01. The van der Waals surface area contributed by atoms with Crippen LogP contribution in [0.3, 0.4) is 0 Å². The molecule has 0 radical (unpaired) electrons. The van der Waals surface area contributed by atoms with Gasteiger partial charge in [-0.25, -0.2) is 4.79 Å². The van der Waals surface area contributed by atoms with Gasteiger partial charge in [0.25, 0.3) is 11.8 Å². The van der Waals surface area contributed by atoms with Crippen LogP contribution in [0.2, 0.25) is 0 Å². The number of aryl methyl sites for hydroxylation is 1. The number of imide groups is 1. The van der Waals surface area contributed by atoms with E-state index in [2.05, 4.69) is 0 Å². The van der Waals surface area contributed by atoms with Crippen molar-refractivity contribution in [3.8, 4) is 11.5 Å². The van der Waals surface area contributed by atoms with Crippen LogP contribution in [0.25, 0.3) is 0 Å². The fourth-order valence-electron chi connectivity index (χ4n) is 3.67. The van der Waals surface area contributed by atoms with Gasteiger partial charge in [-0.15, -0.1) is 0 Å². The van der Waals surface area contributed by atoms with Crippen molar-refractivity contribution in [2.75, 3.05) is 14.2 Å². The molecule has 2 aromatic carbocycles. The van der Waals surface area contributed by atoms with Gasteiger partial charge in [0.05, 0.1) is 25.3 Å². The lowest BCUT2D eigenvalue weighted by Crippen LogP contribution is -2.46. The quantitative estimate of drug-likeness (QED) is 0.473. The molecule has 0 aliphatic carbocycles. The van der Waals surface area contributed by atoms with Gasteiger partial charge in [-0.1, -0.05) is 26.0 Å². The molecule has 2 aromatic rings. The van der Waals surface area contributed by atoms with E-state index in [1.807, 2.05) is 20.8 Å². The molecule has 2 amide bonds. The van der Waals surface area contributed by atoms with Crippen molar-refractivity contribution in [1.82, 2.24) is 4.90 Å². The van der Waals surface area contributed by atoms with Crippen molar-refractivity contribution >= 4 is 17.8 Å². The normalized spacial score (nSPS) is 13.9. The molecule has 1 atom stereocenters. The molecule has 7 nitrogen and oxygen atoms in total. The van der Waals surface area contributed by atoms with Crippen LogP contribution in [0, 0.1) is 12.8 Å². The van der Waals surface area contributed by atoms with E-state index in [1.54, 1.807) is 43.5 Å². The number of amides is 2. The van der Waals surface area contributed by atoms with Crippen LogP contribution in [-0.4, -0.2) is 42.9 Å². The van der Waals surface area contributed by atoms with Gasteiger partial charge in [-0.3, -0.25) is 14.5 Å². The summed E-state index contributed by atoms with van der Waals surface area (Å²) in [5.41, 5.74) is 2.23. The largest absolute Gasteiger partial charge is 0.493 e. The number of carbonyl (C=O) groups excluding carboxylic acids is 3. The summed E-state index contributed by atoms with van der Waals surface area (Å²) < 4.78 is 16.2. The summed E-state index contributed by atoms with van der Waals surface area (Å²) in [6.45, 7) is 5.72. The number of hydrogen-bond acceptors (Lipinski definition) is 6. The number of fused-ring (bicyclic) bond motifs is 1. The Morgan fingerprint density at radius 3 is 2.03 bits per heavy atom. The van der Waals surface area contributed by atoms with Gasteiger partial charge in [0.15, 0.2) is 11.5 Å². The molecule has 0 N–H and O–H groups in total. The fourth-order valence-corrected chi connectivity index (χ4v) is 3.67. The number of rotatable bonds is 8. The second-order valence-corrected chi connectivity index (χ2v) is 7.91. The average molecular weight is 425 g/mol. The summed E-state index contributed by atoms with van der Waals surface area (Å²) in [4.78, 5) is 39.8. The van der Waals surface area contributed by atoms with Crippen molar-refractivity contribution in [2.45, 2.75) is 39.8 Å². The zero-order chi connectivity index (χ0) is 22.7. The summed E-state index contributed by atoms with van der Waals surface area (Å²) in [5, 5.41) is 0. The number of ether oxygens (including phenoxy) is 3. The fraction of sp³-hybridized carbons (Fsp3) is 0.375. The lowest BCUT2D eigenvalue weighted by molar-refractivity contribution is -0.150. The van der Waals surface area contributed by atoms with Crippen molar-refractivity contribution in [3.05, 3.63) is 58.7 Å². The molecule has 1 aliphatic rings. The van der Waals surface area contributed by atoms with Crippen molar-refractivity contribution in [3.63, 3.8) is 0 Å². The Kier molecular flexibility index (Phi) is 6.63. The molecular formula is C24H27NO6. The maximum absolute atomic E-state index is 13.0. The monoisotopic (exact) mass is 425 g/mol. The number of benzene rings is 2. The van der Waals surface area contributed by atoms with Gasteiger partial charge in [-0.05, 0) is 54.7 Å². The third-order valence-corrected chi connectivity index (χ3v) is 5.32. The number of hydrogen-bond donors (Lipinski definition) is 0. The predicted molar refractivity (Wildman–Crippen MR) is 114 cm³/mol. The highest BCUT2D eigenvalue weighted by atomic mass is 16.5. The Bertz CT molecular complexity index is 978. The molecule has 0 saturated heterocycles. The van der Waals surface area contributed by atoms with Crippen molar-refractivity contribution < 1.29 is 28.6 Å². The molecule has 0 bridgehead atoms. The summed E-state index contributed by atoms with van der Waals surface area (Å²) in [5.74, 6) is -0.366. The first-order valence-corrected chi connectivity index (χ1v) is 10.1. The Balaban J connectivity index is 1.82. The number of methoxy groups -OCH3 is 2. The Labute approximate surface area is 181 Å². The second-order valence-electron chi connectivity index (χ2n) is 7.91. The third-order valence-electron chi connectivity index (χ3n) is 5.32. The Morgan fingerprint density at radius 2 is 1.52 bits per heavy atom. The molecule has 164 valence electrons. The van der Waals surface area contributed by atoms with Gasteiger partial charge < -0.3 is 14.2 Å². The molecule has 1 aliphatic heterocycles. The van der Waals surface area contributed by atoms with E-state index < -0.39 is 23.8 Å². The van der Waals surface area contributed by atoms with E-state index in [1.165, 1.54) is 7.11 Å². The molecule has 31 heavy (non-hydrogen) atoms. The smallest absolute Gasteiger partial charge is 0.329 e. The van der Waals surface area contributed by atoms with Crippen LogP contribution in [0.15, 0.2) is 36.4 Å². The molecule has 0 spiro atoms. The number of carbonyl (C=O) groups is 3. The highest BCUT2D eigenvalue weighted by molar-refractivity contribution is 6.22. The third kappa shape index (κ3) is 4.40. The summed E-state index contributed by atoms with van der Waals surface area (Å²) in [6.07, 6.45) is 0.315. The van der Waals surface area contributed by atoms with Crippen molar-refractivity contribution in [1.29, 1.82) is 0 Å². The van der Waals surface area contributed by atoms with Gasteiger partial charge >= 0.3 is 5.97 Å². The van der Waals surface area contributed by atoms with E-state index in [9.17, 15) is 14.4 Å². The Morgan fingerprint density at radius 1 is 0.968 bits per heavy atom. The van der Waals surface area contributed by atoms with Crippen molar-refractivity contribution in [2.24, 2.45) is 5.92 Å². The van der Waals surface area contributed by atoms with Crippen LogP contribution >= 0.6 is 0 Å². The van der Waals surface area contributed by atoms with E-state index in [-0.39, 0.29) is 12.5 Å². The van der Waals surface area contributed by atoms with E-state index in [0.29, 0.717) is 29.0 Å². The van der Waals surface area contributed by atoms with Crippen LogP contribution < -0.4 is 9.47 Å². The molecule has 0 unspecified atom stereocenters. The van der Waals surface area contributed by atoms with Gasteiger partial charge in [0.1, 0.15) is 12.6 Å². The van der Waals surface area contributed by atoms with E-state index >= 15 is 0 Å². The molecule has 0 saturated carbocycles. The molecule has 0 fully saturated rings. The number of nitrogens with zero attached hydrogens (tertiary/aromatic N) is 1. The van der Waals surface area contributed by atoms with E-state index in [4.69, 9.17) is 14.2 Å². The first-order valence-electron chi connectivity index (χ1n) is 10.1. The summed E-state index contributed by atoms with van der Waals surface area (Å²) in [6, 6.07) is 9.15. The molecule has 7 heteroatoms. The minimum absolute atomic E-state index is 0.0111. The zero-order valence-corrected chi connectivity index (χ0v) is 18.4. The summed E-state index contributed by atoms with van der Waals surface area (Å²) in [7, 11) is 3.08. The van der Waals surface area contributed by atoms with Crippen LogP contribution in [-0.2, 0) is 16.1 Å². The molecule has 3 rings (SSSR count). The van der Waals surface area contributed by atoms with Crippen LogP contribution in [0.4, 0.5) is 0 Å². The minimum Gasteiger partial charge on any atom is -0.493 e. The maximum Gasteiger partial charge on any atom is 0.329 e. The standard InChI is InChI=1S/C24H27NO6/c1-14(2)10-19(25-22(26)17-8-6-7-9-18(17)23(25)27)24(28)31-13-16-12-21(30-5)20(29-4)11-15(16)3/h6-9,11-12,14,19H,10,13H2,1-5H3/t19-/m1/s1. The molecule has 0 aromatic heterocycles. The second kappa shape index (κ2) is 9.20. The predicted octanol–water partition coefficient (Wildman–Crippen LogP) is 3.77. The first kappa shape index (κ1) is 22.3. The lowest BCUT2D eigenvalue weighted by atomic mass is 10.0. The minimum atomic E-state index is -0.993. The van der Waals surface area contributed by atoms with Gasteiger partial charge in [0, 0.05) is 0 Å². The SMILES string of the molecule is COc1cc(C)c(COC(=O)[C@@H](CC(C)C)N2C(=O)c3ccccc3C2=O)cc1OC. The van der Waals surface area contributed by atoms with Crippen LogP contribution in [0.1, 0.15) is 52.1 Å². The topological polar surface area (TPSA) is 82.1 Å². The maximum atomic E-state index is 13.0. The number of esters is 1. The van der Waals surface area contributed by atoms with Gasteiger partial charge in [-0.2, -0.15) is 0 Å². The van der Waals surface area contributed by atoms with Crippen LogP contribution in [0.5, 0.6) is 11.5 Å². The Hall–Kier alpha value is -3.35.